The predicted octanol–water partition coefficient (Wildman–Crippen LogP) is 4.01. The molecule has 5 heteroatoms. The lowest BCUT2D eigenvalue weighted by Gasteiger charge is -2.19. The van der Waals surface area contributed by atoms with Crippen molar-refractivity contribution >= 4 is 22.6 Å². The minimum absolute atomic E-state index is 0.266. The largest absolute Gasteiger partial charge is 0.523 e. The zero-order chi connectivity index (χ0) is 11.5. The number of benzene rings is 1. The normalized spacial score (nSPS) is 13.9. The van der Waals surface area contributed by atoms with Crippen LogP contribution in [0.15, 0.2) is 24.3 Å². The van der Waals surface area contributed by atoms with Crippen molar-refractivity contribution in [3.05, 3.63) is 35.4 Å². The van der Waals surface area contributed by atoms with Crippen molar-refractivity contribution in [2.24, 2.45) is 0 Å². The number of aryl methyl sites for hydroxylation is 1. The topological polar surface area (TPSA) is 9.23 Å². The fourth-order valence-corrected chi connectivity index (χ4v) is 1.94. The SMILES string of the molecule is Cc1ccccc1C(CI)OC(F)(F)F. The molecule has 1 nitrogen and oxygen atoms in total. The average Bonchev–Trinajstić information content (AvgIpc) is 2.14. The van der Waals surface area contributed by atoms with Crippen molar-refractivity contribution in [3.63, 3.8) is 0 Å². The van der Waals surface area contributed by atoms with Crippen LogP contribution in [0.4, 0.5) is 13.2 Å². The highest BCUT2D eigenvalue weighted by atomic mass is 127. The summed E-state index contributed by atoms with van der Waals surface area (Å²) in [6, 6.07) is 6.93. The van der Waals surface area contributed by atoms with E-state index in [4.69, 9.17) is 0 Å². The predicted molar refractivity (Wildman–Crippen MR) is 59.9 cm³/mol. The first-order valence-corrected chi connectivity index (χ1v) is 5.82. The van der Waals surface area contributed by atoms with Crippen LogP contribution in [-0.2, 0) is 4.74 Å². The molecule has 15 heavy (non-hydrogen) atoms. The Balaban J connectivity index is 2.88. The van der Waals surface area contributed by atoms with E-state index in [0.29, 0.717) is 5.56 Å². The minimum Gasteiger partial charge on any atom is -0.283 e. The van der Waals surface area contributed by atoms with Crippen LogP contribution < -0.4 is 0 Å². The van der Waals surface area contributed by atoms with Gasteiger partial charge in [0.2, 0.25) is 0 Å². The van der Waals surface area contributed by atoms with Gasteiger partial charge in [-0.1, -0.05) is 46.9 Å². The number of hydrogen-bond acceptors (Lipinski definition) is 1. The first-order valence-electron chi connectivity index (χ1n) is 4.30. The van der Waals surface area contributed by atoms with E-state index in [-0.39, 0.29) is 4.43 Å². The smallest absolute Gasteiger partial charge is 0.283 e. The second-order valence-corrected chi connectivity index (χ2v) is 3.94. The quantitative estimate of drug-likeness (QED) is 0.601. The van der Waals surface area contributed by atoms with Gasteiger partial charge in [0.1, 0.15) is 6.10 Å². The van der Waals surface area contributed by atoms with E-state index in [2.05, 4.69) is 4.74 Å². The first-order chi connectivity index (χ1) is 6.94. The third-order valence-corrected chi connectivity index (χ3v) is 2.75. The summed E-state index contributed by atoms with van der Waals surface area (Å²) in [5, 5.41) is 0. The van der Waals surface area contributed by atoms with Crippen LogP contribution in [0.3, 0.4) is 0 Å². The fourth-order valence-electron chi connectivity index (χ4n) is 1.29. The summed E-state index contributed by atoms with van der Waals surface area (Å²) in [4.78, 5) is 0. The summed E-state index contributed by atoms with van der Waals surface area (Å²) in [7, 11) is 0. The van der Waals surface area contributed by atoms with E-state index in [9.17, 15) is 13.2 Å². The van der Waals surface area contributed by atoms with Gasteiger partial charge in [0.15, 0.2) is 0 Å². The summed E-state index contributed by atoms with van der Waals surface area (Å²) in [5.74, 6) is 0. The Morgan fingerprint density at radius 2 is 1.93 bits per heavy atom. The molecule has 1 unspecified atom stereocenters. The standard InChI is InChI=1S/C10H10F3IO/c1-7-4-2-3-5-8(7)9(6-14)15-10(11,12)13/h2-5,9H,6H2,1H3. The average molecular weight is 330 g/mol. The highest BCUT2D eigenvalue weighted by Gasteiger charge is 2.34. The van der Waals surface area contributed by atoms with E-state index in [0.717, 1.165) is 5.56 Å². The van der Waals surface area contributed by atoms with E-state index in [1.807, 2.05) is 22.6 Å². The monoisotopic (exact) mass is 330 g/mol. The van der Waals surface area contributed by atoms with Gasteiger partial charge in [-0.2, -0.15) is 0 Å². The maximum Gasteiger partial charge on any atom is 0.523 e. The van der Waals surface area contributed by atoms with E-state index >= 15 is 0 Å². The third kappa shape index (κ3) is 3.98. The molecule has 0 N–H and O–H groups in total. The first kappa shape index (κ1) is 12.8. The van der Waals surface area contributed by atoms with E-state index < -0.39 is 12.5 Å². The molecule has 1 rings (SSSR count). The minimum atomic E-state index is -4.59. The second-order valence-electron chi connectivity index (χ2n) is 3.06. The molecule has 0 aliphatic heterocycles. The molecule has 0 aliphatic rings. The number of alkyl halides is 4. The maximum absolute atomic E-state index is 12.1. The molecule has 0 radical (unpaired) electrons. The van der Waals surface area contributed by atoms with Gasteiger partial charge in [-0.05, 0) is 18.1 Å². The molecule has 0 spiro atoms. The lowest BCUT2D eigenvalue weighted by molar-refractivity contribution is -0.341. The summed E-state index contributed by atoms with van der Waals surface area (Å²) >= 11 is 1.88. The molecule has 1 aromatic rings. The van der Waals surface area contributed by atoms with Gasteiger partial charge >= 0.3 is 6.36 Å². The molecule has 1 aromatic carbocycles. The molecule has 0 fully saturated rings. The van der Waals surface area contributed by atoms with Crippen LogP contribution in [0.1, 0.15) is 17.2 Å². The Morgan fingerprint density at radius 1 is 1.33 bits per heavy atom. The fraction of sp³-hybridized carbons (Fsp3) is 0.400. The van der Waals surface area contributed by atoms with Crippen molar-refractivity contribution in [2.75, 3.05) is 4.43 Å². The Hall–Kier alpha value is -0.300. The Bertz CT molecular complexity index is 325. The second kappa shape index (κ2) is 5.16. The lowest BCUT2D eigenvalue weighted by Crippen LogP contribution is -2.19. The van der Waals surface area contributed by atoms with Gasteiger partial charge in [-0.25, -0.2) is 0 Å². The molecule has 0 saturated heterocycles. The molecule has 0 bridgehead atoms. The summed E-state index contributed by atoms with van der Waals surface area (Å²) in [6.07, 6.45) is -5.51. The van der Waals surface area contributed by atoms with Crippen molar-refractivity contribution < 1.29 is 17.9 Å². The third-order valence-electron chi connectivity index (χ3n) is 1.95. The molecular weight excluding hydrogens is 320 g/mol. The number of hydrogen-bond donors (Lipinski definition) is 0. The molecule has 0 aliphatic carbocycles. The lowest BCUT2D eigenvalue weighted by atomic mass is 10.1. The number of ether oxygens (including phenoxy) is 1. The number of rotatable bonds is 3. The van der Waals surface area contributed by atoms with Crippen molar-refractivity contribution in [1.82, 2.24) is 0 Å². The molecular formula is C10H10F3IO. The summed E-state index contributed by atoms with van der Waals surface area (Å²) in [6.45, 7) is 1.77. The molecule has 0 heterocycles. The zero-order valence-electron chi connectivity index (χ0n) is 8.01. The van der Waals surface area contributed by atoms with Gasteiger partial charge < -0.3 is 0 Å². The van der Waals surface area contributed by atoms with Crippen LogP contribution in [0, 0.1) is 6.92 Å². The highest BCUT2D eigenvalue weighted by Crippen LogP contribution is 2.30. The highest BCUT2D eigenvalue weighted by molar-refractivity contribution is 14.1. The maximum atomic E-state index is 12.1. The van der Waals surface area contributed by atoms with Gasteiger partial charge in [0, 0.05) is 4.43 Å². The number of halogens is 4. The molecule has 0 aromatic heterocycles. The van der Waals surface area contributed by atoms with Crippen molar-refractivity contribution in [3.8, 4) is 0 Å². The molecule has 0 amide bonds. The summed E-state index contributed by atoms with van der Waals surface area (Å²) < 4.78 is 40.6. The van der Waals surface area contributed by atoms with Crippen LogP contribution in [-0.4, -0.2) is 10.8 Å². The van der Waals surface area contributed by atoms with Gasteiger partial charge in [0.25, 0.3) is 0 Å². The Morgan fingerprint density at radius 3 is 2.40 bits per heavy atom. The molecule has 1 atom stereocenters. The van der Waals surface area contributed by atoms with Crippen LogP contribution >= 0.6 is 22.6 Å². The molecule has 84 valence electrons. The zero-order valence-corrected chi connectivity index (χ0v) is 10.2. The van der Waals surface area contributed by atoms with Gasteiger partial charge in [-0.15, -0.1) is 13.2 Å². The van der Waals surface area contributed by atoms with E-state index in [1.54, 1.807) is 31.2 Å². The van der Waals surface area contributed by atoms with Gasteiger partial charge in [0.05, 0.1) is 0 Å². The molecule has 0 saturated carbocycles. The van der Waals surface area contributed by atoms with E-state index in [1.165, 1.54) is 0 Å². The van der Waals surface area contributed by atoms with Crippen molar-refractivity contribution in [2.45, 2.75) is 19.4 Å². The Kier molecular flexibility index (Phi) is 4.39. The van der Waals surface area contributed by atoms with Gasteiger partial charge in [-0.3, -0.25) is 4.74 Å². The van der Waals surface area contributed by atoms with Crippen molar-refractivity contribution in [1.29, 1.82) is 0 Å². The van der Waals surface area contributed by atoms with Crippen LogP contribution in [0.2, 0.25) is 0 Å². The van der Waals surface area contributed by atoms with Crippen LogP contribution in [0.5, 0.6) is 0 Å². The summed E-state index contributed by atoms with van der Waals surface area (Å²) in [5.41, 5.74) is 1.40. The Labute approximate surface area is 99.8 Å². The van der Waals surface area contributed by atoms with Crippen LogP contribution in [0.25, 0.3) is 0 Å².